The molecule has 1 aromatic carbocycles. The Morgan fingerprint density at radius 2 is 2.17 bits per heavy atom. The van der Waals surface area contributed by atoms with E-state index in [2.05, 4.69) is 10.3 Å². The number of pyridine rings is 1. The average Bonchev–Trinajstić information content (AvgIpc) is 3.24. The fraction of sp³-hybridized carbons (Fsp3) is 0.294. The van der Waals surface area contributed by atoms with E-state index in [4.69, 9.17) is 14.2 Å². The zero-order chi connectivity index (χ0) is 16.4. The molecule has 1 N–H and O–H groups in total. The van der Waals surface area contributed by atoms with Gasteiger partial charge in [-0.05, 0) is 18.2 Å². The summed E-state index contributed by atoms with van der Waals surface area (Å²) in [5.41, 5.74) is 0.679. The third-order valence-electron chi connectivity index (χ3n) is 3.98. The molecule has 0 bridgehead atoms. The van der Waals surface area contributed by atoms with Crippen LogP contribution in [-0.2, 0) is 0 Å². The summed E-state index contributed by atoms with van der Waals surface area (Å²) in [6, 6.07) is 10.7. The van der Waals surface area contributed by atoms with Crippen LogP contribution in [0, 0.1) is 0 Å². The van der Waals surface area contributed by atoms with Gasteiger partial charge in [-0.1, -0.05) is 6.07 Å². The molecule has 3 heterocycles. The highest BCUT2D eigenvalue weighted by molar-refractivity contribution is 5.90. The van der Waals surface area contributed by atoms with Gasteiger partial charge in [-0.2, -0.15) is 0 Å². The number of aromatic nitrogens is 1. The van der Waals surface area contributed by atoms with Crippen molar-refractivity contribution in [1.29, 1.82) is 0 Å². The van der Waals surface area contributed by atoms with Crippen LogP contribution in [0.25, 0.3) is 0 Å². The van der Waals surface area contributed by atoms with Gasteiger partial charge in [0.15, 0.2) is 11.5 Å². The minimum absolute atomic E-state index is 0.0394. The van der Waals surface area contributed by atoms with Crippen molar-refractivity contribution in [3.63, 3.8) is 0 Å². The Balaban J connectivity index is 1.34. The molecule has 1 saturated heterocycles. The summed E-state index contributed by atoms with van der Waals surface area (Å²) >= 11 is 0. The molecule has 24 heavy (non-hydrogen) atoms. The van der Waals surface area contributed by atoms with E-state index < -0.39 is 0 Å². The largest absolute Gasteiger partial charge is 0.472 e. The summed E-state index contributed by atoms with van der Waals surface area (Å²) in [7, 11) is 0. The zero-order valence-corrected chi connectivity index (χ0v) is 13.0. The Morgan fingerprint density at radius 1 is 1.25 bits per heavy atom. The van der Waals surface area contributed by atoms with Crippen molar-refractivity contribution in [1.82, 2.24) is 9.88 Å². The molecular weight excluding hydrogens is 310 g/mol. The molecule has 124 valence electrons. The topological polar surface area (TPSA) is 72.9 Å². The third-order valence-corrected chi connectivity index (χ3v) is 3.98. The van der Waals surface area contributed by atoms with E-state index in [1.807, 2.05) is 18.2 Å². The summed E-state index contributed by atoms with van der Waals surface area (Å²) < 4.78 is 16.4. The number of nitrogens with zero attached hydrogens (tertiary/aromatic N) is 2. The monoisotopic (exact) mass is 327 g/mol. The fourth-order valence-corrected chi connectivity index (χ4v) is 2.77. The molecule has 1 unspecified atom stereocenters. The highest BCUT2D eigenvalue weighted by Crippen LogP contribution is 2.34. The molecule has 1 fully saturated rings. The van der Waals surface area contributed by atoms with Gasteiger partial charge in [0.1, 0.15) is 6.10 Å². The van der Waals surface area contributed by atoms with Gasteiger partial charge in [-0.15, -0.1) is 0 Å². The van der Waals surface area contributed by atoms with Crippen LogP contribution in [0.2, 0.25) is 0 Å². The average molecular weight is 327 g/mol. The summed E-state index contributed by atoms with van der Waals surface area (Å²) in [4.78, 5) is 18.3. The predicted octanol–water partition coefficient (Wildman–Crippen LogP) is 2.50. The maximum Gasteiger partial charge on any atom is 0.321 e. The molecule has 2 aliphatic rings. The Labute approximate surface area is 139 Å². The van der Waals surface area contributed by atoms with E-state index >= 15 is 0 Å². The van der Waals surface area contributed by atoms with Crippen molar-refractivity contribution in [2.24, 2.45) is 0 Å². The standard InChI is InChI=1S/C17H17N3O4/c21-17(19-12-4-5-14-15(9-12)23-11-22-14)20-8-6-13(10-20)24-16-3-1-2-7-18-16/h1-5,7,9,13H,6,8,10-11H2,(H,19,21). The number of urea groups is 1. The fourth-order valence-electron chi connectivity index (χ4n) is 2.77. The Bertz CT molecular complexity index is 738. The summed E-state index contributed by atoms with van der Waals surface area (Å²) in [6.07, 6.45) is 2.43. The highest BCUT2D eigenvalue weighted by atomic mass is 16.7. The van der Waals surface area contributed by atoms with E-state index in [1.54, 1.807) is 29.3 Å². The molecule has 1 atom stereocenters. The van der Waals surface area contributed by atoms with Gasteiger partial charge in [0.05, 0.1) is 6.54 Å². The highest BCUT2D eigenvalue weighted by Gasteiger charge is 2.28. The van der Waals surface area contributed by atoms with E-state index in [0.717, 1.165) is 6.42 Å². The van der Waals surface area contributed by atoms with Crippen LogP contribution in [0.15, 0.2) is 42.6 Å². The van der Waals surface area contributed by atoms with Crippen LogP contribution in [0.4, 0.5) is 10.5 Å². The van der Waals surface area contributed by atoms with Crippen LogP contribution in [0.1, 0.15) is 6.42 Å². The number of carbonyl (C=O) groups excluding carboxylic acids is 1. The van der Waals surface area contributed by atoms with Crippen molar-refractivity contribution in [3.05, 3.63) is 42.6 Å². The lowest BCUT2D eigenvalue weighted by Crippen LogP contribution is -2.34. The van der Waals surface area contributed by atoms with Gasteiger partial charge in [-0.3, -0.25) is 0 Å². The van der Waals surface area contributed by atoms with Crippen molar-refractivity contribution >= 4 is 11.7 Å². The second kappa shape index (κ2) is 6.27. The maximum atomic E-state index is 12.4. The second-order valence-electron chi connectivity index (χ2n) is 5.64. The smallest absolute Gasteiger partial charge is 0.321 e. The lowest BCUT2D eigenvalue weighted by atomic mass is 10.3. The number of nitrogens with one attached hydrogen (secondary N) is 1. The van der Waals surface area contributed by atoms with Crippen molar-refractivity contribution in [2.75, 3.05) is 25.2 Å². The number of likely N-dealkylation sites (tertiary alicyclic amines) is 1. The normalized spacial score (nSPS) is 18.5. The van der Waals surface area contributed by atoms with Gasteiger partial charge in [0.25, 0.3) is 0 Å². The van der Waals surface area contributed by atoms with E-state index in [9.17, 15) is 4.79 Å². The SMILES string of the molecule is O=C(Nc1ccc2c(c1)OCO2)N1CCC(Oc2ccccn2)C1. The van der Waals surface area contributed by atoms with Crippen LogP contribution in [0.3, 0.4) is 0 Å². The van der Waals surface area contributed by atoms with Crippen molar-refractivity contribution < 1.29 is 19.0 Å². The first-order valence-electron chi connectivity index (χ1n) is 7.81. The summed E-state index contributed by atoms with van der Waals surface area (Å²) in [5.74, 6) is 1.92. The van der Waals surface area contributed by atoms with E-state index in [-0.39, 0.29) is 18.9 Å². The minimum atomic E-state index is -0.152. The molecular formula is C17H17N3O4. The molecule has 2 amide bonds. The zero-order valence-electron chi connectivity index (χ0n) is 13.0. The van der Waals surface area contributed by atoms with E-state index in [1.165, 1.54) is 0 Å². The number of rotatable bonds is 3. The lowest BCUT2D eigenvalue weighted by Gasteiger charge is -2.17. The van der Waals surface area contributed by atoms with Crippen molar-refractivity contribution in [2.45, 2.75) is 12.5 Å². The first kappa shape index (κ1) is 14.6. The quantitative estimate of drug-likeness (QED) is 0.938. The predicted molar refractivity (Wildman–Crippen MR) is 86.4 cm³/mol. The van der Waals surface area contributed by atoms with Gasteiger partial charge >= 0.3 is 6.03 Å². The van der Waals surface area contributed by atoms with Gasteiger partial charge in [-0.25, -0.2) is 9.78 Å². The number of hydrogen-bond acceptors (Lipinski definition) is 5. The van der Waals surface area contributed by atoms with Gasteiger partial charge in [0, 0.05) is 37.0 Å². The number of hydrogen-bond donors (Lipinski definition) is 1. The second-order valence-corrected chi connectivity index (χ2v) is 5.64. The van der Waals surface area contributed by atoms with Crippen LogP contribution < -0.4 is 19.5 Å². The first-order valence-corrected chi connectivity index (χ1v) is 7.81. The van der Waals surface area contributed by atoms with Crippen LogP contribution in [-0.4, -0.2) is 41.9 Å². The number of ether oxygens (including phenoxy) is 3. The molecule has 0 aliphatic carbocycles. The number of benzene rings is 1. The van der Waals surface area contributed by atoms with Crippen LogP contribution in [0.5, 0.6) is 17.4 Å². The number of fused-ring (bicyclic) bond motifs is 1. The molecule has 2 aliphatic heterocycles. The summed E-state index contributed by atoms with van der Waals surface area (Å²) in [6.45, 7) is 1.40. The van der Waals surface area contributed by atoms with Crippen molar-refractivity contribution in [3.8, 4) is 17.4 Å². The number of amides is 2. The number of anilines is 1. The maximum absolute atomic E-state index is 12.4. The molecule has 4 rings (SSSR count). The van der Waals surface area contributed by atoms with Crippen LogP contribution >= 0.6 is 0 Å². The minimum Gasteiger partial charge on any atom is -0.472 e. The molecule has 1 aromatic heterocycles. The Kier molecular flexibility index (Phi) is 3.82. The summed E-state index contributed by atoms with van der Waals surface area (Å²) in [5, 5.41) is 2.88. The van der Waals surface area contributed by atoms with Gasteiger partial charge in [0.2, 0.25) is 12.7 Å². The molecule has 0 saturated carbocycles. The third kappa shape index (κ3) is 3.05. The lowest BCUT2D eigenvalue weighted by molar-refractivity contribution is 0.174. The first-order chi connectivity index (χ1) is 11.8. The van der Waals surface area contributed by atoms with E-state index in [0.29, 0.717) is 36.2 Å². The number of carbonyl (C=O) groups is 1. The Morgan fingerprint density at radius 3 is 3.04 bits per heavy atom. The molecule has 7 heteroatoms. The molecule has 7 nitrogen and oxygen atoms in total. The Hall–Kier alpha value is -2.96. The molecule has 0 radical (unpaired) electrons. The molecule has 0 spiro atoms. The molecule has 2 aromatic rings. The van der Waals surface area contributed by atoms with Gasteiger partial charge < -0.3 is 24.4 Å².